The predicted molar refractivity (Wildman–Crippen MR) is 141 cm³/mol. The van der Waals surface area contributed by atoms with E-state index in [1.165, 1.54) is 29.0 Å². The zero-order valence-electron chi connectivity index (χ0n) is 21.4. The summed E-state index contributed by atoms with van der Waals surface area (Å²) in [5, 5.41) is 8.80. The first kappa shape index (κ1) is 30.5. The van der Waals surface area contributed by atoms with E-state index in [4.69, 9.17) is 9.90 Å². The molecule has 1 aromatic heterocycles. The molecule has 13 heteroatoms. The lowest BCUT2D eigenvalue weighted by Gasteiger charge is -2.32. The number of aryl methyl sites for hydroxylation is 1. The minimum atomic E-state index is -5.08. The average Bonchev–Trinajstić information content (AvgIpc) is 3.54. The zero-order valence-corrected chi connectivity index (χ0v) is 23.0. The first-order valence-corrected chi connectivity index (χ1v) is 14.6. The maximum Gasteiger partial charge on any atom is 0.490 e. The minimum Gasteiger partial charge on any atom is -0.475 e. The van der Waals surface area contributed by atoms with E-state index in [0.29, 0.717) is 5.69 Å². The first-order chi connectivity index (χ1) is 18.3. The molecule has 1 N–H and O–H groups in total. The number of thiazole rings is 1. The molecule has 1 aliphatic rings. The van der Waals surface area contributed by atoms with Gasteiger partial charge < -0.3 is 10.0 Å². The second-order valence-corrected chi connectivity index (χ2v) is 11.7. The van der Waals surface area contributed by atoms with E-state index >= 15 is 4.39 Å². The van der Waals surface area contributed by atoms with Crippen LogP contribution in [0.15, 0.2) is 58.3 Å². The normalized spacial score (nSPS) is 16.0. The van der Waals surface area contributed by atoms with Crippen molar-refractivity contribution in [1.82, 2.24) is 9.88 Å². The second kappa shape index (κ2) is 12.9. The molecule has 7 nitrogen and oxygen atoms in total. The van der Waals surface area contributed by atoms with Crippen molar-refractivity contribution in [2.75, 3.05) is 24.5 Å². The minimum absolute atomic E-state index is 0.250. The standard InChI is InChI=1S/C24H28FN3O2S2.C2HF3O2/c1-3-28(21-9-10-27(14-21)13-19-7-5-4-6-8-19)23-12-22(25)24(11-18(23)2)32(29,30)16-20-15-31-17-26-20;3-2(4,5)1(6)7/h4-8,11-12,15,17,21H,3,9-10,13-14,16H2,1-2H3;(H,6,7)/t21-;/m0./s1. The average molecular weight is 588 g/mol. The summed E-state index contributed by atoms with van der Waals surface area (Å²) < 4.78 is 72.4. The number of carboxylic acid groups (broad SMARTS) is 1. The smallest absolute Gasteiger partial charge is 0.475 e. The van der Waals surface area contributed by atoms with Gasteiger partial charge in [-0.2, -0.15) is 13.2 Å². The molecule has 0 spiro atoms. The van der Waals surface area contributed by atoms with Crippen LogP contribution >= 0.6 is 11.3 Å². The first-order valence-electron chi connectivity index (χ1n) is 12.0. The fourth-order valence-electron chi connectivity index (χ4n) is 4.45. The predicted octanol–water partition coefficient (Wildman–Crippen LogP) is 5.30. The van der Waals surface area contributed by atoms with Crippen LogP contribution in [0.3, 0.4) is 0 Å². The van der Waals surface area contributed by atoms with E-state index in [1.54, 1.807) is 10.9 Å². The number of carbonyl (C=O) groups is 1. The molecule has 1 fully saturated rings. The molecule has 2 heterocycles. The third kappa shape index (κ3) is 8.23. The van der Waals surface area contributed by atoms with Gasteiger partial charge in [0, 0.05) is 43.3 Å². The van der Waals surface area contributed by atoms with Gasteiger partial charge in [-0.25, -0.2) is 22.6 Å². The lowest BCUT2D eigenvalue weighted by Crippen LogP contribution is -2.38. The number of halogens is 4. The molecule has 2 aromatic carbocycles. The van der Waals surface area contributed by atoms with Gasteiger partial charge in [0.25, 0.3) is 0 Å². The number of hydrogen-bond donors (Lipinski definition) is 1. The Bertz CT molecular complexity index is 1350. The molecular weight excluding hydrogens is 558 g/mol. The highest BCUT2D eigenvalue weighted by molar-refractivity contribution is 7.90. The van der Waals surface area contributed by atoms with Gasteiger partial charge in [0.15, 0.2) is 9.84 Å². The van der Waals surface area contributed by atoms with Crippen molar-refractivity contribution in [2.24, 2.45) is 0 Å². The topological polar surface area (TPSA) is 90.8 Å². The molecule has 0 unspecified atom stereocenters. The van der Waals surface area contributed by atoms with Crippen LogP contribution < -0.4 is 4.90 Å². The summed E-state index contributed by atoms with van der Waals surface area (Å²) in [7, 11) is -3.81. The number of nitrogens with zero attached hydrogens (tertiary/aromatic N) is 3. The van der Waals surface area contributed by atoms with Crippen molar-refractivity contribution < 1.29 is 35.9 Å². The van der Waals surface area contributed by atoms with Crippen molar-refractivity contribution in [2.45, 2.75) is 49.7 Å². The highest BCUT2D eigenvalue weighted by atomic mass is 32.2. The molecule has 1 atom stereocenters. The lowest BCUT2D eigenvalue weighted by atomic mass is 10.1. The molecule has 0 saturated carbocycles. The number of anilines is 1. The van der Waals surface area contributed by atoms with Crippen LogP contribution in [0.25, 0.3) is 0 Å². The molecule has 0 bridgehead atoms. The van der Waals surface area contributed by atoms with Crippen LogP contribution in [0.4, 0.5) is 23.2 Å². The lowest BCUT2D eigenvalue weighted by molar-refractivity contribution is -0.192. The number of hydrogen-bond acceptors (Lipinski definition) is 7. The van der Waals surface area contributed by atoms with Crippen LogP contribution in [-0.2, 0) is 26.9 Å². The van der Waals surface area contributed by atoms with E-state index in [0.717, 1.165) is 43.9 Å². The molecule has 3 aromatic rings. The monoisotopic (exact) mass is 587 g/mol. The van der Waals surface area contributed by atoms with Gasteiger partial charge in [0.2, 0.25) is 0 Å². The number of alkyl halides is 3. The summed E-state index contributed by atoms with van der Waals surface area (Å²) >= 11 is 1.33. The molecule has 1 saturated heterocycles. The summed E-state index contributed by atoms with van der Waals surface area (Å²) in [6, 6.07) is 13.5. The Hall–Kier alpha value is -3.03. The van der Waals surface area contributed by atoms with Crippen molar-refractivity contribution >= 4 is 32.8 Å². The van der Waals surface area contributed by atoms with Gasteiger partial charge in [-0.1, -0.05) is 30.3 Å². The third-order valence-corrected chi connectivity index (χ3v) is 8.53. The third-order valence-electron chi connectivity index (χ3n) is 6.24. The molecule has 212 valence electrons. The number of likely N-dealkylation sites (tertiary alicyclic amines) is 1. The Balaban J connectivity index is 0.000000532. The SMILES string of the molecule is CCN(c1cc(F)c(S(=O)(=O)Cc2cscn2)cc1C)[C@H]1CCN(Cc2ccccc2)C1.O=C(O)C(F)(F)F. The molecule has 39 heavy (non-hydrogen) atoms. The molecule has 4 rings (SSSR count). The van der Waals surface area contributed by atoms with E-state index in [9.17, 15) is 21.6 Å². The van der Waals surface area contributed by atoms with Gasteiger partial charge in [-0.05, 0) is 43.5 Å². The van der Waals surface area contributed by atoms with Crippen LogP contribution in [0.5, 0.6) is 0 Å². The quantitative estimate of drug-likeness (QED) is 0.358. The Kier molecular flexibility index (Phi) is 10.1. The van der Waals surface area contributed by atoms with Gasteiger partial charge in [-0.15, -0.1) is 11.3 Å². The zero-order chi connectivity index (χ0) is 28.8. The van der Waals surface area contributed by atoms with Gasteiger partial charge >= 0.3 is 12.1 Å². The maximum absolute atomic E-state index is 15.1. The number of benzene rings is 2. The van der Waals surface area contributed by atoms with Crippen molar-refractivity contribution in [1.29, 1.82) is 0 Å². The number of aromatic nitrogens is 1. The Morgan fingerprint density at radius 3 is 2.46 bits per heavy atom. The molecule has 0 radical (unpaired) electrons. The number of rotatable bonds is 8. The Morgan fingerprint density at radius 1 is 1.23 bits per heavy atom. The van der Waals surface area contributed by atoms with E-state index in [-0.39, 0.29) is 16.7 Å². The highest BCUT2D eigenvalue weighted by Crippen LogP contribution is 2.31. The number of likely N-dealkylation sites (N-methyl/N-ethyl adjacent to an activating group) is 1. The molecule has 1 aliphatic heterocycles. The summed E-state index contributed by atoms with van der Waals surface area (Å²) in [5.41, 5.74) is 4.84. The molecular formula is C26H29F4N3O4S2. The van der Waals surface area contributed by atoms with Gasteiger partial charge in [0.05, 0.1) is 17.0 Å². The van der Waals surface area contributed by atoms with Crippen LogP contribution in [0, 0.1) is 12.7 Å². The fourth-order valence-corrected chi connectivity index (χ4v) is 6.53. The Labute approximate surface area is 228 Å². The number of carboxylic acids is 1. The summed E-state index contributed by atoms with van der Waals surface area (Å²) in [4.78, 5) is 17.3. The van der Waals surface area contributed by atoms with Crippen molar-refractivity contribution in [3.05, 3.63) is 76.0 Å². The van der Waals surface area contributed by atoms with Gasteiger partial charge in [-0.3, -0.25) is 4.90 Å². The summed E-state index contributed by atoms with van der Waals surface area (Å²) in [5.74, 6) is -3.74. The highest BCUT2D eigenvalue weighted by Gasteiger charge is 2.38. The van der Waals surface area contributed by atoms with E-state index in [1.807, 2.05) is 13.0 Å². The maximum atomic E-state index is 15.1. The van der Waals surface area contributed by atoms with Crippen LogP contribution in [-0.4, -0.2) is 61.2 Å². The van der Waals surface area contributed by atoms with Crippen LogP contribution in [0.1, 0.15) is 30.2 Å². The second-order valence-electron chi connectivity index (χ2n) is 9.06. The van der Waals surface area contributed by atoms with Crippen LogP contribution in [0.2, 0.25) is 0 Å². The van der Waals surface area contributed by atoms with Gasteiger partial charge in [0.1, 0.15) is 10.7 Å². The molecule has 0 amide bonds. The van der Waals surface area contributed by atoms with E-state index < -0.39 is 27.8 Å². The summed E-state index contributed by atoms with van der Waals surface area (Å²) in [6.45, 7) is 7.43. The summed E-state index contributed by atoms with van der Waals surface area (Å²) in [6.07, 6.45) is -4.09. The number of aliphatic carboxylic acids is 1. The largest absolute Gasteiger partial charge is 0.490 e. The number of sulfone groups is 1. The van der Waals surface area contributed by atoms with Crippen molar-refractivity contribution in [3.8, 4) is 0 Å². The van der Waals surface area contributed by atoms with Crippen molar-refractivity contribution in [3.63, 3.8) is 0 Å². The molecule has 0 aliphatic carbocycles. The fraction of sp³-hybridized carbons (Fsp3) is 0.385. The van der Waals surface area contributed by atoms with E-state index in [2.05, 4.69) is 46.0 Å². The Morgan fingerprint density at radius 2 is 1.90 bits per heavy atom.